The quantitative estimate of drug-likeness (QED) is 0.681. The molecular weight excluding hydrogens is 378 g/mol. The highest BCUT2D eigenvalue weighted by Gasteiger charge is 2.41. The van der Waals surface area contributed by atoms with Crippen molar-refractivity contribution in [2.24, 2.45) is 0 Å². The number of nitrogens with zero attached hydrogens (tertiary/aromatic N) is 1. The molecule has 0 aliphatic carbocycles. The van der Waals surface area contributed by atoms with Crippen molar-refractivity contribution in [2.75, 3.05) is 14.1 Å². The first-order valence-corrected chi connectivity index (χ1v) is 10.4. The van der Waals surface area contributed by atoms with Crippen LogP contribution in [0.4, 0.5) is 0 Å². The third-order valence-corrected chi connectivity index (χ3v) is 4.81. The number of rotatable bonds is 7. The van der Waals surface area contributed by atoms with E-state index < -0.39 is 15.8 Å². The molecule has 1 unspecified atom stereocenters. The fourth-order valence-corrected chi connectivity index (χ4v) is 3.21. The molecule has 7 heteroatoms. The van der Waals surface area contributed by atoms with Crippen LogP contribution in [0, 0.1) is 0 Å². The normalized spacial score (nSPS) is 12.8. The smallest absolute Gasteiger partial charge is 0.307 e. The first-order chi connectivity index (χ1) is 13.0. The minimum absolute atomic E-state index is 0.281. The summed E-state index contributed by atoms with van der Waals surface area (Å²) in [5.41, 5.74) is 1.60. The molecule has 2 rings (SSSR count). The van der Waals surface area contributed by atoms with Crippen molar-refractivity contribution in [3.63, 3.8) is 0 Å². The van der Waals surface area contributed by atoms with Gasteiger partial charge in [-0.25, -0.2) is 0 Å². The molecule has 0 saturated carbocycles. The number of carbonyl (C=O) groups is 1. The second-order valence-corrected chi connectivity index (χ2v) is 7.77. The van der Waals surface area contributed by atoms with Crippen LogP contribution in [0.1, 0.15) is 37.8 Å². The van der Waals surface area contributed by atoms with E-state index in [2.05, 4.69) is 50.2 Å². The Hall–Kier alpha value is -2.06. The monoisotopic (exact) mass is 407 g/mol. The van der Waals surface area contributed by atoms with Crippen LogP contribution in [0.25, 0.3) is 0 Å². The zero-order valence-electron chi connectivity index (χ0n) is 16.7. The Morgan fingerprint density at radius 2 is 1.32 bits per heavy atom. The molecule has 2 aromatic rings. The van der Waals surface area contributed by atoms with Gasteiger partial charge in [-0.1, -0.05) is 67.6 Å². The molecule has 2 N–H and O–H groups in total. The van der Waals surface area contributed by atoms with Crippen LogP contribution in [0.3, 0.4) is 0 Å². The van der Waals surface area contributed by atoms with Gasteiger partial charge in [-0.05, 0) is 38.6 Å². The Morgan fingerprint density at radius 3 is 1.61 bits per heavy atom. The highest BCUT2D eigenvalue weighted by molar-refractivity contribution is 7.79. The minimum atomic E-state index is -4.67. The second kappa shape index (κ2) is 10.5. The van der Waals surface area contributed by atoms with Gasteiger partial charge >= 0.3 is 10.4 Å². The molecule has 0 aromatic heterocycles. The molecular formula is C21H29NO5S. The zero-order valence-corrected chi connectivity index (χ0v) is 17.6. The molecule has 0 radical (unpaired) electrons. The molecule has 0 fully saturated rings. The van der Waals surface area contributed by atoms with Crippen LogP contribution in [0.2, 0.25) is 0 Å². The number of Topliss-reactive ketones (excluding diaryl/α,β-unsaturated/α-hetero) is 1. The topological polar surface area (TPSA) is 94.9 Å². The first-order valence-electron chi connectivity index (χ1n) is 9.03. The van der Waals surface area contributed by atoms with Crippen LogP contribution < -0.4 is 0 Å². The molecule has 0 bridgehead atoms. The van der Waals surface area contributed by atoms with Crippen molar-refractivity contribution in [1.29, 1.82) is 0 Å². The van der Waals surface area contributed by atoms with E-state index in [1.54, 1.807) is 0 Å². The van der Waals surface area contributed by atoms with E-state index in [4.69, 9.17) is 17.5 Å². The maximum atomic E-state index is 13.2. The number of carbonyl (C=O) groups excluding carboxylic acids is 1. The molecule has 0 saturated heterocycles. The van der Waals surface area contributed by atoms with Crippen LogP contribution in [-0.4, -0.2) is 48.3 Å². The van der Waals surface area contributed by atoms with Gasteiger partial charge in [0, 0.05) is 12.5 Å². The zero-order chi connectivity index (χ0) is 21.4. The van der Waals surface area contributed by atoms with Crippen LogP contribution in [0.15, 0.2) is 60.7 Å². The molecule has 0 amide bonds. The Kier molecular flexibility index (Phi) is 8.97. The average molecular weight is 408 g/mol. The summed E-state index contributed by atoms with van der Waals surface area (Å²) < 4.78 is 31.6. The van der Waals surface area contributed by atoms with E-state index in [-0.39, 0.29) is 5.78 Å². The fraction of sp³-hybridized carbons (Fsp3) is 0.381. The molecule has 1 atom stereocenters. The van der Waals surface area contributed by atoms with Crippen molar-refractivity contribution >= 4 is 16.2 Å². The Bertz CT molecular complexity index is 788. The van der Waals surface area contributed by atoms with Gasteiger partial charge in [0.1, 0.15) is 5.78 Å². The predicted octanol–water partition coefficient (Wildman–Crippen LogP) is 3.64. The van der Waals surface area contributed by atoms with E-state index in [9.17, 15) is 4.79 Å². The maximum absolute atomic E-state index is 13.2. The standard InChI is InChI=1S/C21H27NO.H2O4S/c1-5-20(23)21(16-17(2)22(3)4,18-12-8-6-9-13-18)19-14-10-7-11-15-19;1-5(2,3)4/h6-15,17H,5,16H2,1-4H3;(H2,1,2,3,4). The van der Waals surface area contributed by atoms with Gasteiger partial charge < -0.3 is 4.90 Å². The van der Waals surface area contributed by atoms with Gasteiger partial charge in [0.25, 0.3) is 0 Å². The van der Waals surface area contributed by atoms with Gasteiger partial charge in [0.2, 0.25) is 0 Å². The van der Waals surface area contributed by atoms with Crippen LogP contribution >= 0.6 is 0 Å². The lowest BCUT2D eigenvalue weighted by Gasteiger charge is -2.37. The number of ketones is 1. The molecule has 0 spiro atoms. The summed E-state index contributed by atoms with van der Waals surface area (Å²) in [7, 11) is -0.524. The van der Waals surface area contributed by atoms with Crippen molar-refractivity contribution < 1.29 is 22.3 Å². The minimum Gasteiger partial charge on any atom is -0.307 e. The molecule has 0 aliphatic heterocycles. The number of hydrogen-bond donors (Lipinski definition) is 2. The molecule has 154 valence electrons. The summed E-state index contributed by atoms with van der Waals surface area (Å²) in [4.78, 5) is 15.4. The summed E-state index contributed by atoms with van der Waals surface area (Å²) in [5, 5.41) is 0. The van der Waals surface area contributed by atoms with E-state index in [0.717, 1.165) is 17.5 Å². The number of benzene rings is 2. The van der Waals surface area contributed by atoms with Gasteiger partial charge in [-0.15, -0.1) is 0 Å². The third-order valence-electron chi connectivity index (χ3n) is 4.81. The Labute approximate surface area is 167 Å². The lowest BCUT2D eigenvalue weighted by Crippen LogP contribution is -2.42. The van der Waals surface area contributed by atoms with Gasteiger partial charge in [-0.2, -0.15) is 8.42 Å². The Morgan fingerprint density at radius 1 is 0.964 bits per heavy atom. The predicted molar refractivity (Wildman–Crippen MR) is 111 cm³/mol. The molecule has 0 aliphatic rings. The first kappa shape index (κ1) is 24.0. The fourth-order valence-electron chi connectivity index (χ4n) is 3.21. The lowest BCUT2D eigenvalue weighted by atomic mass is 9.67. The molecule has 6 nitrogen and oxygen atoms in total. The molecule has 28 heavy (non-hydrogen) atoms. The maximum Gasteiger partial charge on any atom is 0.394 e. The molecule has 0 heterocycles. The SMILES string of the molecule is CCC(=O)C(CC(C)N(C)C)(c1ccccc1)c1ccccc1.O=S(=O)(O)O. The molecule has 2 aromatic carbocycles. The van der Waals surface area contributed by atoms with Crippen molar-refractivity contribution in [3.05, 3.63) is 71.8 Å². The number of hydrogen-bond acceptors (Lipinski definition) is 4. The largest absolute Gasteiger partial charge is 0.394 e. The van der Waals surface area contributed by atoms with Gasteiger partial charge in [0.05, 0.1) is 5.41 Å². The van der Waals surface area contributed by atoms with Crippen LogP contribution in [0.5, 0.6) is 0 Å². The van der Waals surface area contributed by atoms with E-state index in [0.29, 0.717) is 12.5 Å². The van der Waals surface area contributed by atoms with Crippen molar-refractivity contribution in [1.82, 2.24) is 4.90 Å². The summed E-state index contributed by atoms with van der Waals surface area (Å²) in [6, 6.07) is 20.7. The van der Waals surface area contributed by atoms with Gasteiger partial charge in [0.15, 0.2) is 0 Å². The summed E-state index contributed by atoms with van der Waals surface area (Å²) in [6.07, 6.45) is 1.31. The second-order valence-electron chi connectivity index (χ2n) is 6.88. The highest BCUT2D eigenvalue weighted by Crippen LogP contribution is 2.39. The van der Waals surface area contributed by atoms with E-state index in [1.165, 1.54) is 0 Å². The average Bonchev–Trinajstić information content (AvgIpc) is 2.65. The summed E-state index contributed by atoms with van der Waals surface area (Å²) in [6.45, 7) is 4.15. The van der Waals surface area contributed by atoms with E-state index in [1.807, 2.05) is 43.3 Å². The van der Waals surface area contributed by atoms with Crippen molar-refractivity contribution in [2.45, 2.75) is 38.1 Å². The summed E-state index contributed by atoms with van der Waals surface area (Å²) >= 11 is 0. The van der Waals surface area contributed by atoms with Crippen LogP contribution in [-0.2, 0) is 20.6 Å². The lowest BCUT2D eigenvalue weighted by molar-refractivity contribution is -0.123. The third kappa shape index (κ3) is 6.83. The van der Waals surface area contributed by atoms with Gasteiger partial charge in [-0.3, -0.25) is 13.9 Å². The summed E-state index contributed by atoms with van der Waals surface area (Å²) in [5.74, 6) is 0.281. The van der Waals surface area contributed by atoms with Crippen molar-refractivity contribution in [3.8, 4) is 0 Å². The highest BCUT2D eigenvalue weighted by atomic mass is 32.3. The Balaban J connectivity index is 0.000000696. The van der Waals surface area contributed by atoms with E-state index >= 15 is 0 Å².